The van der Waals surface area contributed by atoms with E-state index < -0.39 is 5.60 Å². The van der Waals surface area contributed by atoms with Crippen molar-refractivity contribution in [3.05, 3.63) is 71.8 Å². The van der Waals surface area contributed by atoms with Crippen LogP contribution in [0.3, 0.4) is 0 Å². The molecule has 29 heavy (non-hydrogen) atoms. The van der Waals surface area contributed by atoms with Crippen molar-refractivity contribution in [1.82, 2.24) is 4.90 Å². The lowest BCUT2D eigenvalue weighted by Crippen LogP contribution is -2.53. The molecule has 2 fully saturated rings. The Morgan fingerprint density at radius 1 is 1.07 bits per heavy atom. The van der Waals surface area contributed by atoms with Crippen LogP contribution in [0.2, 0.25) is 0 Å². The Morgan fingerprint density at radius 3 is 2.10 bits per heavy atom. The van der Waals surface area contributed by atoms with E-state index >= 15 is 0 Å². The number of carbonyl (C=O) groups excluding carboxylic acids is 1. The Hall–Kier alpha value is -2.59. The first-order chi connectivity index (χ1) is 14.0. The van der Waals surface area contributed by atoms with Gasteiger partial charge in [-0.15, -0.1) is 0 Å². The van der Waals surface area contributed by atoms with Gasteiger partial charge in [0.1, 0.15) is 6.61 Å². The molecule has 4 nitrogen and oxygen atoms in total. The number of benzene rings is 2. The molecule has 1 aliphatic carbocycles. The second kappa shape index (κ2) is 6.74. The SMILES string of the molecule is C=C(C)C1(O)CC2CCC(C1)N2C(=O)OCC1c2ccccc2-c2ccccc21. The number of aliphatic hydroxyl groups is 1. The minimum absolute atomic E-state index is 0.0334. The molecule has 2 atom stereocenters. The fraction of sp³-hybridized carbons (Fsp3) is 0.400. The summed E-state index contributed by atoms with van der Waals surface area (Å²) >= 11 is 0. The molecule has 0 aromatic heterocycles. The highest BCUT2D eigenvalue weighted by Gasteiger charge is 2.50. The van der Waals surface area contributed by atoms with Crippen LogP contribution in [0.25, 0.3) is 11.1 Å². The summed E-state index contributed by atoms with van der Waals surface area (Å²) in [6.45, 7) is 6.18. The first-order valence-electron chi connectivity index (χ1n) is 10.5. The Labute approximate surface area is 171 Å². The number of hydrogen-bond donors (Lipinski definition) is 1. The van der Waals surface area contributed by atoms with Crippen LogP contribution in [0, 0.1) is 0 Å². The van der Waals surface area contributed by atoms with Crippen LogP contribution in [0.15, 0.2) is 60.7 Å². The maximum atomic E-state index is 13.0. The van der Waals surface area contributed by atoms with Gasteiger partial charge in [-0.2, -0.15) is 0 Å². The van der Waals surface area contributed by atoms with Crippen molar-refractivity contribution in [3.63, 3.8) is 0 Å². The molecule has 1 amide bonds. The third kappa shape index (κ3) is 2.89. The molecule has 2 aromatic carbocycles. The number of nitrogens with zero attached hydrogens (tertiary/aromatic N) is 1. The standard InChI is InChI=1S/C25H27NO3/c1-16(2)25(28)13-17-11-12-18(14-25)26(17)24(27)29-15-23-21-9-5-3-7-19(21)20-8-4-6-10-22(20)23/h3-10,17-18,23,28H,1,11-15H2,2H3. The van der Waals surface area contributed by atoms with Crippen LogP contribution in [-0.2, 0) is 4.74 Å². The van der Waals surface area contributed by atoms with E-state index in [1.54, 1.807) is 0 Å². The van der Waals surface area contributed by atoms with Crippen LogP contribution in [0.1, 0.15) is 49.7 Å². The topological polar surface area (TPSA) is 49.8 Å². The molecule has 2 aliphatic heterocycles. The van der Waals surface area contributed by atoms with Gasteiger partial charge < -0.3 is 14.7 Å². The van der Waals surface area contributed by atoms with Crippen LogP contribution in [-0.4, -0.2) is 40.4 Å². The van der Waals surface area contributed by atoms with Gasteiger partial charge >= 0.3 is 6.09 Å². The van der Waals surface area contributed by atoms with Gasteiger partial charge in [-0.05, 0) is 47.6 Å². The molecule has 2 aromatic rings. The van der Waals surface area contributed by atoms with Gasteiger partial charge in [-0.1, -0.05) is 55.1 Å². The van der Waals surface area contributed by atoms with E-state index in [0.717, 1.165) is 18.4 Å². The number of ether oxygens (including phenoxy) is 1. The lowest BCUT2D eigenvalue weighted by molar-refractivity contribution is -0.0240. The van der Waals surface area contributed by atoms with Gasteiger partial charge in [-0.25, -0.2) is 4.79 Å². The number of amides is 1. The first kappa shape index (κ1) is 18.4. The van der Waals surface area contributed by atoms with Gasteiger partial charge in [0.05, 0.1) is 5.60 Å². The quantitative estimate of drug-likeness (QED) is 0.762. The van der Waals surface area contributed by atoms with Crippen molar-refractivity contribution in [2.45, 2.75) is 56.2 Å². The van der Waals surface area contributed by atoms with Gasteiger partial charge in [0, 0.05) is 30.8 Å². The summed E-state index contributed by atoms with van der Waals surface area (Å²) in [5.74, 6) is 0.0705. The smallest absolute Gasteiger partial charge is 0.410 e. The van der Waals surface area contributed by atoms with Crippen molar-refractivity contribution < 1.29 is 14.6 Å². The zero-order valence-electron chi connectivity index (χ0n) is 16.8. The molecule has 2 unspecified atom stereocenters. The molecular formula is C25H27NO3. The highest BCUT2D eigenvalue weighted by Crippen LogP contribution is 2.46. The molecule has 5 rings (SSSR count). The molecule has 2 heterocycles. The minimum atomic E-state index is -0.855. The lowest BCUT2D eigenvalue weighted by Gasteiger charge is -2.43. The Kier molecular flexibility index (Phi) is 4.28. The summed E-state index contributed by atoms with van der Waals surface area (Å²) in [4.78, 5) is 14.9. The van der Waals surface area contributed by atoms with Crippen molar-refractivity contribution >= 4 is 6.09 Å². The maximum Gasteiger partial charge on any atom is 0.410 e. The highest BCUT2D eigenvalue weighted by atomic mass is 16.6. The van der Waals surface area contributed by atoms with E-state index in [1.165, 1.54) is 22.3 Å². The average Bonchev–Trinajstić information content (AvgIpc) is 3.19. The predicted molar refractivity (Wildman–Crippen MR) is 113 cm³/mol. The Balaban J connectivity index is 1.33. The summed E-state index contributed by atoms with van der Waals surface area (Å²) in [5.41, 5.74) is 4.84. The van der Waals surface area contributed by atoms with Gasteiger partial charge in [0.15, 0.2) is 0 Å². The van der Waals surface area contributed by atoms with Crippen molar-refractivity contribution in [2.75, 3.05) is 6.61 Å². The van der Waals surface area contributed by atoms with E-state index in [4.69, 9.17) is 4.74 Å². The molecular weight excluding hydrogens is 362 g/mol. The molecule has 2 saturated heterocycles. The van der Waals surface area contributed by atoms with Crippen LogP contribution < -0.4 is 0 Å². The molecule has 4 heteroatoms. The number of piperidine rings is 1. The zero-order chi connectivity index (χ0) is 20.2. The lowest BCUT2D eigenvalue weighted by atomic mass is 9.81. The fourth-order valence-corrected chi connectivity index (χ4v) is 5.54. The highest BCUT2D eigenvalue weighted by molar-refractivity contribution is 5.79. The second-order valence-corrected chi connectivity index (χ2v) is 8.82. The van der Waals surface area contributed by atoms with Crippen LogP contribution in [0.5, 0.6) is 0 Å². The zero-order valence-corrected chi connectivity index (χ0v) is 16.8. The maximum absolute atomic E-state index is 13.0. The van der Waals surface area contributed by atoms with Crippen molar-refractivity contribution in [3.8, 4) is 11.1 Å². The third-order valence-corrected chi connectivity index (χ3v) is 7.11. The van der Waals surface area contributed by atoms with E-state index in [1.807, 2.05) is 24.0 Å². The number of fused-ring (bicyclic) bond motifs is 5. The summed E-state index contributed by atoms with van der Waals surface area (Å²) in [6.07, 6.45) is 2.71. The molecule has 150 valence electrons. The Bertz CT molecular complexity index is 922. The van der Waals surface area contributed by atoms with E-state index in [0.29, 0.717) is 19.4 Å². The van der Waals surface area contributed by atoms with Crippen LogP contribution >= 0.6 is 0 Å². The molecule has 3 aliphatic rings. The summed E-state index contributed by atoms with van der Waals surface area (Å²) in [6, 6.07) is 16.8. The van der Waals surface area contributed by atoms with Gasteiger partial charge in [0.25, 0.3) is 0 Å². The van der Waals surface area contributed by atoms with E-state index in [9.17, 15) is 9.90 Å². The van der Waals surface area contributed by atoms with E-state index in [-0.39, 0.29) is 24.1 Å². The summed E-state index contributed by atoms with van der Waals surface area (Å²) in [7, 11) is 0. The number of rotatable bonds is 3. The normalized spacial score (nSPS) is 27.4. The van der Waals surface area contributed by atoms with Gasteiger partial charge in [0.2, 0.25) is 0 Å². The third-order valence-electron chi connectivity index (χ3n) is 7.11. The monoisotopic (exact) mass is 389 g/mol. The fourth-order valence-electron chi connectivity index (χ4n) is 5.54. The summed E-state index contributed by atoms with van der Waals surface area (Å²) in [5, 5.41) is 10.9. The Morgan fingerprint density at radius 2 is 1.59 bits per heavy atom. The average molecular weight is 389 g/mol. The first-order valence-corrected chi connectivity index (χ1v) is 10.5. The number of carbonyl (C=O) groups is 1. The largest absolute Gasteiger partial charge is 0.448 e. The second-order valence-electron chi connectivity index (χ2n) is 8.82. The van der Waals surface area contributed by atoms with Crippen LogP contribution in [0.4, 0.5) is 4.79 Å². The number of hydrogen-bond acceptors (Lipinski definition) is 3. The molecule has 2 bridgehead atoms. The minimum Gasteiger partial charge on any atom is -0.448 e. The van der Waals surface area contributed by atoms with Gasteiger partial charge in [-0.3, -0.25) is 0 Å². The summed E-state index contributed by atoms with van der Waals surface area (Å²) < 4.78 is 5.87. The molecule has 0 spiro atoms. The van der Waals surface area contributed by atoms with E-state index in [2.05, 4.69) is 43.0 Å². The van der Waals surface area contributed by atoms with Crippen molar-refractivity contribution in [1.29, 1.82) is 0 Å². The predicted octanol–water partition coefficient (Wildman–Crippen LogP) is 4.87. The molecule has 0 radical (unpaired) electrons. The molecule has 1 N–H and O–H groups in total. The molecule has 0 saturated carbocycles. The van der Waals surface area contributed by atoms with Crippen molar-refractivity contribution in [2.24, 2.45) is 0 Å².